The molecule has 1 saturated carbocycles. The highest BCUT2D eigenvalue weighted by Gasteiger charge is 2.29. The van der Waals surface area contributed by atoms with Crippen LogP contribution in [0.1, 0.15) is 31.2 Å². The molecule has 108 valence electrons. The first-order valence-electron chi connectivity index (χ1n) is 7.12. The summed E-state index contributed by atoms with van der Waals surface area (Å²) in [7, 11) is 0. The maximum Gasteiger partial charge on any atom is 0.225 e. The van der Waals surface area contributed by atoms with Crippen LogP contribution in [0.5, 0.6) is 0 Å². The number of nitriles is 1. The van der Waals surface area contributed by atoms with Crippen molar-refractivity contribution in [2.45, 2.75) is 25.7 Å². The fraction of sp³-hybridized carbons (Fsp3) is 0.412. The van der Waals surface area contributed by atoms with Crippen LogP contribution >= 0.6 is 0 Å². The van der Waals surface area contributed by atoms with Gasteiger partial charge in [-0.05, 0) is 31.0 Å². The molecule has 2 rings (SSSR count). The molecule has 1 amide bonds. The summed E-state index contributed by atoms with van der Waals surface area (Å²) in [4.78, 5) is 12.0. The van der Waals surface area contributed by atoms with E-state index in [4.69, 9.17) is 5.26 Å². The molecule has 4 heteroatoms. The van der Waals surface area contributed by atoms with Crippen LogP contribution in [0.4, 0.5) is 4.39 Å². The topological polar surface area (TPSA) is 52.9 Å². The quantitative estimate of drug-likeness (QED) is 0.670. The van der Waals surface area contributed by atoms with Gasteiger partial charge in [0.1, 0.15) is 12.4 Å². The van der Waals surface area contributed by atoms with E-state index in [1.807, 2.05) is 6.07 Å². The SMILES string of the molecule is N#CCNC(=O)C1CCCCC1C#Cc1cccc(F)c1. The summed E-state index contributed by atoms with van der Waals surface area (Å²) < 4.78 is 13.1. The van der Waals surface area contributed by atoms with Crippen molar-refractivity contribution in [2.24, 2.45) is 11.8 Å². The van der Waals surface area contributed by atoms with Gasteiger partial charge in [0.05, 0.1) is 12.0 Å². The zero-order valence-electron chi connectivity index (χ0n) is 11.7. The molecular weight excluding hydrogens is 267 g/mol. The van der Waals surface area contributed by atoms with Crippen LogP contribution in [0.15, 0.2) is 24.3 Å². The van der Waals surface area contributed by atoms with Crippen LogP contribution in [0.25, 0.3) is 0 Å². The summed E-state index contributed by atoms with van der Waals surface area (Å²) in [6, 6.07) is 8.05. The molecule has 1 aromatic carbocycles. The Hall–Kier alpha value is -2.33. The van der Waals surface area contributed by atoms with Crippen LogP contribution in [-0.2, 0) is 4.79 Å². The maximum absolute atomic E-state index is 13.1. The predicted octanol–water partition coefficient (Wildman–Crippen LogP) is 2.62. The molecule has 0 radical (unpaired) electrons. The summed E-state index contributed by atoms with van der Waals surface area (Å²) >= 11 is 0. The number of nitrogens with one attached hydrogen (secondary N) is 1. The van der Waals surface area contributed by atoms with Gasteiger partial charge in [-0.15, -0.1) is 0 Å². The van der Waals surface area contributed by atoms with Crippen molar-refractivity contribution in [3.8, 4) is 17.9 Å². The number of benzene rings is 1. The smallest absolute Gasteiger partial charge is 0.225 e. The van der Waals surface area contributed by atoms with Gasteiger partial charge in [-0.25, -0.2) is 4.39 Å². The van der Waals surface area contributed by atoms with Gasteiger partial charge in [-0.1, -0.05) is 30.7 Å². The highest BCUT2D eigenvalue weighted by Crippen LogP contribution is 2.29. The lowest BCUT2D eigenvalue weighted by molar-refractivity contribution is -0.126. The largest absolute Gasteiger partial charge is 0.343 e. The average Bonchev–Trinajstić information content (AvgIpc) is 2.51. The first-order valence-corrected chi connectivity index (χ1v) is 7.12. The Bertz CT molecular complexity index is 609. The van der Waals surface area contributed by atoms with E-state index in [9.17, 15) is 9.18 Å². The third-order valence-corrected chi connectivity index (χ3v) is 3.67. The molecule has 3 nitrogen and oxygen atoms in total. The molecule has 0 bridgehead atoms. The number of hydrogen-bond donors (Lipinski definition) is 1. The van der Waals surface area contributed by atoms with Gasteiger partial charge >= 0.3 is 0 Å². The number of halogens is 1. The Balaban J connectivity index is 2.09. The number of carbonyl (C=O) groups is 1. The normalized spacial score (nSPS) is 20.8. The molecule has 0 saturated heterocycles. The third-order valence-electron chi connectivity index (χ3n) is 3.67. The van der Waals surface area contributed by atoms with Crippen molar-refractivity contribution in [1.29, 1.82) is 5.26 Å². The van der Waals surface area contributed by atoms with E-state index < -0.39 is 0 Å². The lowest BCUT2D eigenvalue weighted by atomic mass is 9.79. The lowest BCUT2D eigenvalue weighted by Crippen LogP contribution is -2.36. The fourth-order valence-corrected chi connectivity index (χ4v) is 2.62. The first-order chi connectivity index (χ1) is 10.2. The Morgan fingerprint density at radius 1 is 1.38 bits per heavy atom. The van der Waals surface area contributed by atoms with Gasteiger partial charge in [-0.2, -0.15) is 5.26 Å². The Labute approximate surface area is 124 Å². The first kappa shape index (κ1) is 15.1. The van der Waals surface area contributed by atoms with E-state index in [0.29, 0.717) is 5.56 Å². The molecule has 1 aliphatic carbocycles. The van der Waals surface area contributed by atoms with Crippen molar-refractivity contribution >= 4 is 5.91 Å². The summed E-state index contributed by atoms with van der Waals surface area (Å²) in [5.41, 5.74) is 0.622. The maximum atomic E-state index is 13.1. The van der Waals surface area contributed by atoms with E-state index in [-0.39, 0.29) is 30.1 Å². The van der Waals surface area contributed by atoms with Gasteiger partial charge in [0.15, 0.2) is 0 Å². The molecular formula is C17H17FN2O. The monoisotopic (exact) mass is 284 g/mol. The number of nitrogens with zero attached hydrogens (tertiary/aromatic N) is 1. The van der Waals surface area contributed by atoms with E-state index in [2.05, 4.69) is 17.2 Å². The number of hydrogen-bond acceptors (Lipinski definition) is 2. The van der Waals surface area contributed by atoms with Crippen molar-refractivity contribution in [1.82, 2.24) is 5.32 Å². The molecule has 1 fully saturated rings. The van der Waals surface area contributed by atoms with Crippen molar-refractivity contribution in [3.05, 3.63) is 35.6 Å². The summed E-state index contributed by atoms with van der Waals surface area (Å²) in [6.45, 7) is 0.0272. The average molecular weight is 284 g/mol. The molecule has 0 spiro atoms. The molecule has 2 unspecified atom stereocenters. The van der Waals surface area contributed by atoms with Gasteiger partial charge in [-0.3, -0.25) is 4.79 Å². The molecule has 21 heavy (non-hydrogen) atoms. The van der Waals surface area contributed by atoms with Gasteiger partial charge < -0.3 is 5.32 Å². The molecule has 0 aliphatic heterocycles. The number of rotatable bonds is 2. The molecule has 1 aliphatic rings. The van der Waals surface area contributed by atoms with Gasteiger partial charge in [0.25, 0.3) is 0 Å². The zero-order chi connectivity index (χ0) is 15.1. The second-order valence-corrected chi connectivity index (χ2v) is 5.15. The van der Waals surface area contributed by atoms with Crippen molar-refractivity contribution < 1.29 is 9.18 Å². The van der Waals surface area contributed by atoms with E-state index in [1.54, 1.807) is 12.1 Å². The minimum Gasteiger partial charge on any atom is -0.343 e. The molecule has 2 atom stereocenters. The predicted molar refractivity (Wildman–Crippen MR) is 77.3 cm³/mol. The summed E-state index contributed by atoms with van der Waals surface area (Å²) in [5, 5.41) is 11.1. The van der Waals surface area contributed by atoms with E-state index >= 15 is 0 Å². The van der Waals surface area contributed by atoms with Crippen molar-refractivity contribution in [2.75, 3.05) is 6.54 Å². The third kappa shape index (κ3) is 4.33. The second-order valence-electron chi connectivity index (χ2n) is 5.15. The van der Waals surface area contributed by atoms with E-state index in [0.717, 1.165) is 25.7 Å². The Kier molecular flexibility index (Phi) is 5.35. The molecule has 0 heterocycles. The Morgan fingerprint density at radius 2 is 2.19 bits per heavy atom. The molecule has 1 N–H and O–H groups in total. The van der Waals surface area contributed by atoms with Gasteiger partial charge in [0.2, 0.25) is 5.91 Å². The van der Waals surface area contributed by atoms with Crippen LogP contribution in [0, 0.1) is 40.8 Å². The number of carbonyl (C=O) groups excluding carboxylic acids is 1. The van der Waals surface area contributed by atoms with Crippen LogP contribution in [0.3, 0.4) is 0 Å². The van der Waals surface area contributed by atoms with Crippen LogP contribution in [0.2, 0.25) is 0 Å². The van der Waals surface area contributed by atoms with Crippen LogP contribution < -0.4 is 5.32 Å². The highest BCUT2D eigenvalue weighted by atomic mass is 19.1. The molecule has 0 aromatic heterocycles. The Morgan fingerprint density at radius 3 is 2.95 bits per heavy atom. The van der Waals surface area contributed by atoms with E-state index in [1.165, 1.54) is 12.1 Å². The standard InChI is InChI=1S/C17H17FN2O/c18-15-6-3-4-13(12-15)8-9-14-5-1-2-7-16(14)17(21)20-11-10-19/h3-4,6,12,14,16H,1-2,5,7,11H2,(H,20,21). The summed E-state index contributed by atoms with van der Waals surface area (Å²) in [6.07, 6.45) is 3.71. The molecule has 1 aromatic rings. The summed E-state index contributed by atoms with van der Waals surface area (Å²) in [5.74, 6) is 5.46. The highest BCUT2D eigenvalue weighted by molar-refractivity contribution is 5.79. The fourth-order valence-electron chi connectivity index (χ4n) is 2.62. The van der Waals surface area contributed by atoms with Gasteiger partial charge in [0, 0.05) is 11.5 Å². The zero-order valence-corrected chi connectivity index (χ0v) is 11.7. The van der Waals surface area contributed by atoms with Crippen LogP contribution in [-0.4, -0.2) is 12.5 Å². The number of amides is 1. The lowest BCUT2D eigenvalue weighted by Gasteiger charge is -2.26. The van der Waals surface area contributed by atoms with Crippen molar-refractivity contribution in [3.63, 3.8) is 0 Å². The minimum atomic E-state index is -0.311. The minimum absolute atomic E-state index is 0.0271. The second kappa shape index (κ2) is 7.45.